The number of benzene rings is 1. The number of likely N-dealkylation sites (N-methyl/N-ethyl adjacent to an activating group) is 1. The van der Waals surface area contributed by atoms with Crippen LogP contribution in [0.2, 0.25) is 0 Å². The number of aliphatic hydroxyl groups is 1. The van der Waals surface area contributed by atoms with Crippen LogP contribution >= 0.6 is 0 Å². The second kappa shape index (κ2) is 14.7. The summed E-state index contributed by atoms with van der Waals surface area (Å²) < 4.78 is 19.5. The van der Waals surface area contributed by atoms with Crippen molar-refractivity contribution in [1.82, 2.24) is 15.5 Å². The van der Waals surface area contributed by atoms with Gasteiger partial charge in [0, 0.05) is 50.9 Å². The molecule has 3 N–H and O–H groups in total. The lowest BCUT2D eigenvalue weighted by Crippen LogP contribution is -2.54. The number of unbranched alkanes of at least 4 members (excludes halogenated alkanes) is 1. The van der Waals surface area contributed by atoms with E-state index in [9.17, 15) is 19.6 Å². The molecule has 37 heavy (non-hydrogen) atoms. The number of carbonyl (C=O) groups excluding carboxylic acids is 1. The molecule has 3 rings (SSSR count). The molecule has 1 aliphatic carbocycles. The molecule has 1 saturated carbocycles. The van der Waals surface area contributed by atoms with Crippen LogP contribution in [0.5, 0.6) is 0 Å². The molecular formula is C29H45FN4O3. The van der Waals surface area contributed by atoms with Gasteiger partial charge >= 0.3 is 6.03 Å². The largest absolute Gasteiger partial charge is 0.385 e. The number of piperidine rings is 1. The number of nitrogens with one attached hydrogen (secondary N) is 2. The van der Waals surface area contributed by atoms with Crippen LogP contribution in [0.15, 0.2) is 18.2 Å². The van der Waals surface area contributed by atoms with Gasteiger partial charge in [-0.2, -0.15) is 5.26 Å². The molecule has 2 unspecified atom stereocenters. The topological polar surface area (TPSA) is 97.6 Å². The molecule has 0 radical (unpaired) electrons. The third-order valence-electron chi connectivity index (χ3n) is 8.23. The third-order valence-corrected chi connectivity index (χ3v) is 8.23. The first-order valence-electron chi connectivity index (χ1n) is 14.0. The van der Waals surface area contributed by atoms with E-state index in [2.05, 4.69) is 16.7 Å². The van der Waals surface area contributed by atoms with Crippen LogP contribution in [0.3, 0.4) is 0 Å². The normalized spacial score (nSPS) is 21.2. The Hall–Kier alpha value is -2.21. The third kappa shape index (κ3) is 8.13. The van der Waals surface area contributed by atoms with Crippen LogP contribution < -0.4 is 10.6 Å². The van der Waals surface area contributed by atoms with Crippen molar-refractivity contribution in [2.75, 3.05) is 40.4 Å². The maximum atomic E-state index is 14.3. The van der Waals surface area contributed by atoms with Crippen molar-refractivity contribution < 1.29 is 19.0 Å². The van der Waals surface area contributed by atoms with Crippen molar-refractivity contribution >= 4 is 6.03 Å². The van der Waals surface area contributed by atoms with Gasteiger partial charge in [-0.05, 0) is 69.7 Å². The maximum Gasteiger partial charge on any atom is 0.317 e. The summed E-state index contributed by atoms with van der Waals surface area (Å²) in [6.45, 7) is 2.27. The Morgan fingerprint density at radius 1 is 1.27 bits per heavy atom. The standard InChI is InChI=1S/C29H45FN4O3/c1-32-20-26(17-22-9-4-3-5-10-22)33-28(35)34-15-8-11-24(21-34)29(36,14-6-7-16-37-2)27-18-25(30)13-12-23(27)19-31/h12-13,18,22,24,26,32,36H,3-11,14-17,20-21H2,1-2H3,(H,33,35)/t24?,26?,29-/m0/s1. The monoisotopic (exact) mass is 516 g/mol. The number of nitrogens with zero attached hydrogens (tertiary/aromatic N) is 2. The molecular weight excluding hydrogens is 471 g/mol. The highest BCUT2D eigenvalue weighted by molar-refractivity contribution is 5.74. The number of halogens is 1. The van der Waals surface area contributed by atoms with Crippen molar-refractivity contribution in [3.63, 3.8) is 0 Å². The van der Waals surface area contributed by atoms with Crippen molar-refractivity contribution in [3.8, 4) is 6.07 Å². The number of carbonyl (C=O) groups is 1. The van der Waals surface area contributed by atoms with E-state index in [0.717, 1.165) is 25.8 Å². The van der Waals surface area contributed by atoms with Crippen LogP contribution in [0.1, 0.15) is 81.8 Å². The Morgan fingerprint density at radius 3 is 2.76 bits per heavy atom. The van der Waals surface area contributed by atoms with Gasteiger partial charge in [-0.25, -0.2) is 9.18 Å². The van der Waals surface area contributed by atoms with Crippen molar-refractivity contribution in [3.05, 3.63) is 35.1 Å². The summed E-state index contributed by atoms with van der Waals surface area (Å²) in [5, 5.41) is 28.3. The van der Waals surface area contributed by atoms with E-state index in [0.29, 0.717) is 50.4 Å². The van der Waals surface area contributed by atoms with E-state index in [1.165, 1.54) is 50.3 Å². The van der Waals surface area contributed by atoms with Gasteiger partial charge < -0.3 is 25.4 Å². The molecule has 0 spiro atoms. The van der Waals surface area contributed by atoms with Crippen LogP contribution in [0.4, 0.5) is 9.18 Å². The van der Waals surface area contributed by atoms with Crippen molar-refractivity contribution in [2.45, 2.75) is 82.3 Å². The summed E-state index contributed by atoms with van der Waals surface area (Å²) in [5.74, 6) is -0.132. The zero-order chi connectivity index (χ0) is 26.7. The lowest BCUT2D eigenvalue weighted by Gasteiger charge is -2.43. The van der Waals surface area contributed by atoms with Crippen LogP contribution in [-0.2, 0) is 10.3 Å². The predicted octanol–water partition coefficient (Wildman–Crippen LogP) is 4.68. The average molecular weight is 517 g/mol. The van der Waals surface area contributed by atoms with E-state index in [1.807, 2.05) is 7.05 Å². The maximum absolute atomic E-state index is 14.3. The Balaban J connectivity index is 1.75. The molecule has 1 aromatic rings. The van der Waals surface area contributed by atoms with Crippen LogP contribution in [0.25, 0.3) is 0 Å². The number of hydrogen-bond acceptors (Lipinski definition) is 5. The van der Waals surface area contributed by atoms with Gasteiger partial charge in [0.25, 0.3) is 0 Å². The summed E-state index contributed by atoms with van der Waals surface area (Å²) in [6.07, 6.45) is 10.5. The first-order chi connectivity index (χ1) is 17.9. The number of likely N-dealkylation sites (tertiary alicyclic amines) is 1. The molecule has 0 aromatic heterocycles. The van der Waals surface area contributed by atoms with Gasteiger partial charge in [0.05, 0.1) is 17.2 Å². The highest BCUT2D eigenvalue weighted by atomic mass is 19.1. The van der Waals surface area contributed by atoms with Gasteiger partial charge in [-0.3, -0.25) is 0 Å². The molecule has 1 saturated heterocycles. The SMILES string of the molecule is CNCC(CC1CCCCC1)NC(=O)N1CCCC([C@@](O)(CCCCOC)c2cc(F)ccc2C#N)C1. The summed E-state index contributed by atoms with van der Waals surface area (Å²) in [6, 6.07) is 6.06. The van der Waals surface area contributed by atoms with Crippen LogP contribution in [-0.4, -0.2) is 62.5 Å². The second-order valence-electron chi connectivity index (χ2n) is 10.9. The van der Waals surface area contributed by atoms with Gasteiger partial charge in [-0.15, -0.1) is 0 Å². The average Bonchev–Trinajstić information content (AvgIpc) is 2.91. The van der Waals surface area contributed by atoms with Gasteiger partial charge in [0.15, 0.2) is 0 Å². The highest BCUT2D eigenvalue weighted by Crippen LogP contribution is 2.41. The molecule has 1 aliphatic heterocycles. The number of ether oxygens (including phenoxy) is 1. The Labute approximate surface area is 221 Å². The quantitative estimate of drug-likeness (QED) is 0.351. The summed E-state index contributed by atoms with van der Waals surface area (Å²) >= 11 is 0. The number of methoxy groups -OCH3 is 1. The minimum absolute atomic E-state index is 0.0577. The molecule has 0 bridgehead atoms. The van der Waals surface area contributed by atoms with Gasteiger partial charge in [-0.1, -0.05) is 32.1 Å². The van der Waals surface area contributed by atoms with Crippen molar-refractivity contribution in [2.24, 2.45) is 11.8 Å². The van der Waals surface area contributed by atoms with Crippen LogP contribution in [0, 0.1) is 29.0 Å². The number of rotatable bonds is 12. The Bertz CT molecular complexity index is 902. The number of urea groups is 1. The predicted molar refractivity (Wildman–Crippen MR) is 142 cm³/mol. The minimum atomic E-state index is -1.41. The molecule has 3 atom stereocenters. The summed E-state index contributed by atoms with van der Waals surface area (Å²) in [5.41, 5.74) is -0.810. The fourth-order valence-electron chi connectivity index (χ4n) is 6.25. The molecule has 1 aromatic carbocycles. The molecule has 2 fully saturated rings. The minimum Gasteiger partial charge on any atom is -0.385 e. The molecule has 2 amide bonds. The zero-order valence-electron chi connectivity index (χ0n) is 22.6. The van der Waals surface area contributed by atoms with Gasteiger partial charge in [0.1, 0.15) is 5.82 Å². The fraction of sp³-hybridized carbons (Fsp3) is 0.724. The van der Waals surface area contributed by atoms with E-state index in [1.54, 1.807) is 12.0 Å². The summed E-state index contributed by atoms with van der Waals surface area (Å²) in [4.78, 5) is 15.2. The number of amides is 2. The summed E-state index contributed by atoms with van der Waals surface area (Å²) in [7, 11) is 3.55. The molecule has 2 aliphatic rings. The Kier molecular flexibility index (Phi) is 11.6. The molecule has 1 heterocycles. The first kappa shape index (κ1) is 29.3. The highest BCUT2D eigenvalue weighted by Gasteiger charge is 2.43. The zero-order valence-corrected chi connectivity index (χ0v) is 22.6. The van der Waals surface area contributed by atoms with E-state index < -0.39 is 11.4 Å². The van der Waals surface area contributed by atoms with Gasteiger partial charge in [0.2, 0.25) is 0 Å². The number of nitriles is 1. The fourth-order valence-corrected chi connectivity index (χ4v) is 6.25. The van der Waals surface area contributed by atoms with E-state index in [4.69, 9.17) is 4.74 Å². The smallest absolute Gasteiger partial charge is 0.317 e. The lowest BCUT2D eigenvalue weighted by atomic mass is 9.73. The molecule has 8 heteroatoms. The second-order valence-corrected chi connectivity index (χ2v) is 10.9. The molecule has 206 valence electrons. The lowest BCUT2D eigenvalue weighted by molar-refractivity contribution is -0.0567. The number of hydrogen-bond donors (Lipinski definition) is 3. The van der Waals surface area contributed by atoms with E-state index in [-0.39, 0.29) is 23.6 Å². The first-order valence-corrected chi connectivity index (χ1v) is 14.0. The molecule has 7 nitrogen and oxygen atoms in total. The Morgan fingerprint density at radius 2 is 2.05 bits per heavy atom. The van der Waals surface area contributed by atoms with Crippen molar-refractivity contribution in [1.29, 1.82) is 5.26 Å². The van der Waals surface area contributed by atoms with E-state index >= 15 is 0 Å².